The minimum absolute atomic E-state index is 0.161. The first-order valence-electron chi connectivity index (χ1n) is 4.28. The molecule has 0 saturated heterocycles. The number of carbonyl (C=O) groups is 1. The molecule has 15 heavy (non-hydrogen) atoms. The number of para-hydroxylation sites is 1. The first kappa shape index (κ1) is 9.92. The Labute approximate surface area is 94.6 Å². The molecule has 1 aromatic heterocycles. The van der Waals surface area contributed by atoms with E-state index in [2.05, 4.69) is 26.1 Å². The number of nitrogens with zero attached hydrogens (tertiary/aromatic N) is 1. The molecule has 1 heterocycles. The van der Waals surface area contributed by atoms with Gasteiger partial charge in [-0.05, 0) is 34.1 Å². The van der Waals surface area contributed by atoms with Crippen molar-refractivity contribution >= 4 is 27.4 Å². The number of anilines is 1. The van der Waals surface area contributed by atoms with Crippen molar-refractivity contribution < 1.29 is 4.79 Å². The van der Waals surface area contributed by atoms with Crippen molar-refractivity contribution in [2.75, 3.05) is 5.73 Å². The number of aromatic amines is 1. The van der Waals surface area contributed by atoms with Crippen LogP contribution in [0, 0.1) is 0 Å². The SMILES string of the molecule is Nc1c(Br)cccc1C(=O)c1ccn[nH]1. The molecule has 2 aromatic rings. The standard InChI is InChI=1S/C10H8BrN3O/c11-7-3-1-2-6(9(7)12)10(15)8-4-5-13-14-8/h1-5H,12H2,(H,13,14). The van der Waals surface area contributed by atoms with Crippen LogP contribution in [0.1, 0.15) is 16.1 Å². The molecule has 1 aromatic carbocycles. The van der Waals surface area contributed by atoms with E-state index in [1.165, 1.54) is 6.20 Å². The van der Waals surface area contributed by atoms with Crippen molar-refractivity contribution in [3.05, 3.63) is 46.2 Å². The summed E-state index contributed by atoms with van der Waals surface area (Å²) in [5.74, 6) is -0.161. The van der Waals surface area contributed by atoms with Gasteiger partial charge in [0, 0.05) is 16.2 Å². The number of benzene rings is 1. The summed E-state index contributed by atoms with van der Waals surface area (Å²) >= 11 is 3.27. The van der Waals surface area contributed by atoms with Gasteiger partial charge < -0.3 is 5.73 Å². The van der Waals surface area contributed by atoms with E-state index in [1.54, 1.807) is 24.3 Å². The molecule has 5 heteroatoms. The van der Waals surface area contributed by atoms with Gasteiger partial charge in [0.2, 0.25) is 5.78 Å². The lowest BCUT2D eigenvalue weighted by Crippen LogP contribution is -2.06. The van der Waals surface area contributed by atoms with Crippen LogP contribution in [-0.4, -0.2) is 16.0 Å². The van der Waals surface area contributed by atoms with Crippen LogP contribution in [0.5, 0.6) is 0 Å². The maximum atomic E-state index is 11.9. The first-order valence-corrected chi connectivity index (χ1v) is 5.07. The van der Waals surface area contributed by atoms with Gasteiger partial charge in [0.1, 0.15) is 5.69 Å². The van der Waals surface area contributed by atoms with E-state index in [4.69, 9.17) is 5.73 Å². The summed E-state index contributed by atoms with van der Waals surface area (Å²) < 4.78 is 0.716. The number of nitrogen functional groups attached to an aromatic ring is 1. The predicted molar refractivity (Wildman–Crippen MR) is 60.6 cm³/mol. The van der Waals surface area contributed by atoms with Crippen molar-refractivity contribution in [2.24, 2.45) is 0 Å². The van der Waals surface area contributed by atoms with Gasteiger partial charge in [-0.2, -0.15) is 5.10 Å². The second-order valence-electron chi connectivity index (χ2n) is 3.00. The summed E-state index contributed by atoms with van der Waals surface area (Å²) in [7, 11) is 0. The lowest BCUT2D eigenvalue weighted by Gasteiger charge is -2.04. The van der Waals surface area contributed by atoms with Crippen molar-refractivity contribution in [3.63, 3.8) is 0 Å². The Morgan fingerprint density at radius 1 is 1.40 bits per heavy atom. The molecule has 3 N–H and O–H groups in total. The van der Waals surface area contributed by atoms with Crippen LogP contribution in [0.25, 0.3) is 0 Å². The number of hydrogen-bond acceptors (Lipinski definition) is 3. The van der Waals surface area contributed by atoms with E-state index in [-0.39, 0.29) is 5.78 Å². The summed E-state index contributed by atoms with van der Waals surface area (Å²) in [5, 5.41) is 6.33. The van der Waals surface area contributed by atoms with E-state index in [1.807, 2.05) is 0 Å². The Kier molecular flexibility index (Phi) is 2.55. The number of carbonyl (C=O) groups excluding carboxylic acids is 1. The van der Waals surface area contributed by atoms with Crippen molar-refractivity contribution in [3.8, 4) is 0 Å². The maximum absolute atomic E-state index is 11.9. The molecule has 4 nitrogen and oxygen atoms in total. The number of ketones is 1. The smallest absolute Gasteiger partial charge is 0.212 e. The average Bonchev–Trinajstić information content (AvgIpc) is 2.74. The zero-order valence-corrected chi connectivity index (χ0v) is 9.28. The largest absolute Gasteiger partial charge is 0.397 e. The van der Waals surface area contributed by atoms with E-state index >= 15 is 0 Å². The van der Waals surface area contributed by atoms with E-state index in [9.17, 15) is 4.79 Å². The summed E-state index contributed by atoms with van der Waals surface area (Å²) in [4.78, 5) is 11.9. The molecule has 0 aliphatic carbocycles. The monoisotopic (exact) mass is 265 g/mol. The summed E-state index contributed by atoms with van der Waals surface area (Å²) in [6.45, 7) is 0. The number of H-pyrrole nitrogens is 1. The number of aromatic nitrogens is 2. The topological polar surface area (TPSA) is 71.8 Å². The van der Waals surface area contributed by atoms with E-state index in [0.717, 1.165) is 0 Å². The van der Waals surface area contributed by atoms with Crippen molar-refractivity contribution in [1.82, 2.24) is 10.2 Å². The minimum atomic E-state index is -0.161. The van der Waals surface area contributed by atoms with Gasteiger partial charge in [0.25, 0.3) is 0 Å². The Hall–Kier alpha value is -1.62. The highest BCUT2D eigenvalue weighted by molar-refractivity contribution is 9.10. The Morgan fingerprint density at radius 2 is 2.20 bits per heavy atom. The fourth-order valence-electron chi connectivity index (χ4n) is 1.26. The van der Waals surface area contributed by atoms with Gasteiger partial charge in [0.15, 0.2) is 0 Å². The second-order valence-corrected chi connectivity index (χ2v) is 3.85. The Bertz CT molecular complexity index is 493. The molecule has 0 bridgehead atoms. The predicted octanol–water partition coefficient (Wildman–Crippen LogP) is 1.99. The van der Waals surface area contributed by atoms with Crippen LogP contribution in [0.3, 0.4) is 0 Å². The normalized spacial score (nSPS) is 10.2. The summed E-state index contributed by atoms with van der Waals surface area (Å²) in [6.07, 6.45) is 1.53. The molecule has 76 valence electrons. The van der Waals surface area contributed by atoms with Crippen LogP contribution >= 0.6 is 15.9 Å². The third-order valence-corrected chi connectivity index (χ3v) is 2.73. The second kappa shape index (κ2) is 3.86. The number of nitrogens with two attached hydrogens (primary N) is 1. The number of halogens is 1. The number of rotatable bonds is 2. The lowest BCUT2D eigenvalue weighted by atomic mass is 10.1. The Balaban J connectivity index is 2.47. The molecular weight excluding hydrogens is 258 g/mol. The van der Waals surface area contributed by atoms with Gasteiger partial charge >= 0.3 is 0 Å². The fourth-order valence-corrected chi connectivity index (χ4v) is 1.63. The highest BCUT2D eigenvalue weighted by atomic mass is 79.9. The van der Waals surface area contributed by atoms with Gasteiger partial charge in [-0.3, -0.25) is 9.89 Å². The van der Waals surface area contributed by atoms with Crippen LogP contribution in [0.2, 0.25) is 0 Å². The third kappa shape index (κ3) is 1.78. The first-order chi connectivity index (χ1) is 7.20. The molecule has 2 rings (SSSR count). The van der Waals surface area contributed by atoms with Crippen LogP contribution in [0.15, 0.2) is 34.9 Å². The zero-order valence-electron chi connectivity index (χ0n) is 7.70. The summed E-state index contributed by atoms with van der Waals surface area (Å²) in [6, 6.07) is 6.86. The number of nitrogens with one attached hydrogen (secondary N) is 1. The molecule has 0 aliphatic heterocycles. The molecule has 0 radical (unpaired) electrons. The van der Waals surface area contributed by atoms with Crippen LogP contribution < -0.4 is 5.73 Å². The van der Waals surface area contributed by atoms with Gasteiger partial charge in [0.05, 0.1) is 5.69 Å². The van der Waals surface area contributed by atoms with Crippen molar-refractivity contribution in [2.45, 2.75) is 0 Å². The third-order valence-electron chi connectivity index (χ3n) is 2.04. The van der Waals surface area contributed by atoms with Gasteiger partial charge in [-0.1, -0.05) is 6.07 Å². The quantitative estimate of drug-likeness (QED) is 0.645. The maximum Gasteiger partial charge on any atom is 0.212 e. The van der Waals surface area contributed by atoms with E-state index in [0.29, 0.717) is 21.4 Å². The molecule has 0 saturated carbocycles. The molecule has 0 fully saturated rings. The van der Waals surface area contributed by atoms with Crippen molar-refractivity contribution in [1.29, 1.82) is 0 Å². The molecule has 0 amide bonds. The highest BCUT2D eigenvalue weighted by Gasteiger charge is 2.14. The highest BCUT2D eigenvalue weighted by Crippen LogP contribution is 2.24. The van der Waals surface area contributed by atoms with Gasteiger partial charge in [-0.25, -0.2) is 0 Å². The minimum Gasteiger partial charge on any atom is -0.397 e. The van der Waals surface area contributed by atoms with E-state index < -0.39 is 0 Å². The lowest BCUT2D eigenvalue weighted by molar-refractivity contribution is 0.103. The molecule has 0 unspecified atom stereocenters. The van der Waals surface area contributed by atoms with Crippen LogP contribution in [-0.2, 0) is 0 Å². The molecule has 0 spiro atoms. The van der Waals surface area contributed by atoms with Gasteiger partial charge in [-0.15, -0.1) is 0 Å². The zero-order chi connectivity index (χ0) is 10.8. The molecule has 0 aliphatic rings. The molecular formula is C10H8BrN3O. The number of hydrogen-bond donors (Lipinski definition) is 2. The Morgan fingerprint density at radius 3 is 2.87 bits per heavy atom. The fraction of sp³-hybridized carbons (Fsp3) is 0. The average molecular weight is 266 g/mol. The molecule has 0 atom stereocenters. The summed E-state index contributed by atoms with van der Waals surface area (Å²) in [5.41, 5.74) is 7.13. The van der Waals surface area contributed by atoms with Crippen LogP contribution in [0.4, 0.5) is 5.69 Å².